The number of piperidine rings is 1. The Bertz CT molecular complexity index is 885. The van der Waals surface area contributed by atoms with Crippen molar-refractivity contribution in [1.82, 2.24) is 14.9 Å². The van der Waals surface area contributed by atoms with Crippen LogP contribution in [0.15, 0.2) is 54.7 Å². The molecule has 0 bridgehead atoms. The van der Waals surface area contributed by atoms with Gasteiger partial charge in [-0.3, -0.25) is 4.90 Å². The number of H-pyrrole nitrogens is 1. The lowest BCUT2D eigenvalue weighted by atomic mass is 10.1. The fourth-order valence-corrected chi connectivity index (χ4v) is 3.63. The summed E-state index contributed by atoms with van der Waals surface area (Å²) in [6.07, 6.45) is 4.58. The number of aromatic amines is 1. The molecule has 1 aromatic heterocycles. The maximum atomic E-state index is 13.9. The van der Waals surface area contributed by atoms with Crippen molar-refractivity contribution in [3.8, 4) is 11.3 Å². The van der Waals surface area contributed by atoms with Gasteiger partial charge in [0.2, 0.25) is 0 Å². The van der Waals surface area contributed by atoms with Gasteiger partial charge in [-0.15, -0.1) is 0 Å². The molecule has 2 aromatic carbocycles. The first-order chi connectivity index (χ1) is 13.2. The van der Waals surface area contributed by atoms with E-state index >= 15 is 0 Å². The van der Waals surface area contributed by atoms with Gasteiger partial charge in [-0.05, 0) is 49.2 Å². The molecule has 2 N–H and O–H groups in total. The maximum absolute atomic E-state index is 13.9. The number of imidazole rings is 1. The van der Waals surface area contributed by atoms with E-state index in [9.17, 15) is 9.50 Å². The molecule has 0 spiro atoms. The summed E-state index contributed by atoms with van der Waals surface area (Å²) >= 11 is 0. The first-order valence-electron chi connectivity index (χ1n) is 9.50. The highest BCUT2D eigenvalue weighted by atomic mass is 19.1. The third kappa shape index (κ3) is 4.10. The molecule has 1 atom stereocenters. The van der Waals surface area contributed by atoms with E-state index in [1.807, 2.05) is 12.1 Å². The lowest BCUT2D eigenvalue weighted by molar-refractivity contribution is 0.210. The fourth-order valence-electron chi connectivity index (χ4n) is 3.63. The zero-order chi connectivity index (χ0) is 18.6. The quantitative estimate of drug-likeness (QED) is 0.709. The minimum atomic E-state index is -0.866. The highest BCUT2D eigenvalue weighted by Crippen LogP contribution is 2.25. The Balaban J connectivity index is 1.46. The summed E-state index contributed by atoms with van der Waals surface area (Å²) in [5.41, 5.74) is 3.02. The number of aromatic nitrogens is 2. The number of rotatable bonds is 5. The van der Waals surface area contributed by atoms with Crippen LogP contribution in [-0.2, 0) is 6.54 Å². The van der Waals surface area contributed by atoms with Gasteiger partial charge in [0.05, 0.1) is 11.9 Å². The van der Waals surface area contributed by atoms with Crippen LogP contribution >= 0.6 is 0 Å². The molecule has 1 aliphatic rings. The topological polar surface area (TPSA) is 52.1 Å². The standard InChI is InChI=1S/C22H24FN3O/c23-19-7-3-2-6-18(19)20-14-24-22(25-20)21(27)17-10-8-16(9-11-17)15-26-12-4-1-5-13-26/h2-3,6-11,14,21,27H,1,4-5,12-13,15H2,(H,24,25). The number of aliphatic hydroxyl groups is 1. The number of nitrogens with one attached hydrogen (secondary N) is 1. The van der Waals surface area contributed by atoms with E-state index < -0.39 is 6.10 Å². The second-order valence-corrected chi connectivity index (χ2v) is 7.14. The first-order valence-corrected chi connectivity index (χ1v) is 9.50. The Kier molecular flexibility index (Phi) is 5.32. The second kappa shape index (κ2) is 8.03. The molecule has 1 saturated heterocycles. The summed E-state index contributed by atoms with van der Waals surface area (Å²) in [5, 5.41) is 10.6. The molecule has 3 aromatic rings. The fraction of sp³-hybridized carbons (Fsp3) is 0.318. The summed E-state index contributed by atoms with van der Waals surface area (Å²) in [6, 6.07) is 14.5. The van der Waals surface area contributed by atoms with Crippen LogP contribution in [0.25, 0.3) is 11.3 Å². The van der Waals surface area contributed by atoms with E-state index in [0.717, 1.165) is 25.2 Å². The predicted molar refractivity (Wildman–Crippen MR) is 104 cm³/mol. The van der Waals surface area contributed by atoms with Crippen molar-refractivity contribution in [2.75, 3.05) is 13.1 Å². The van der Waals surface area contributed by atoms with Gasteiger partial charge in [-0.2, -0.15) is 0 Å². The summed E-state index contributed by atoms with van der Waals surface area (Å²) in [7, 11) is 0. The largest absolute Gasteiger partial charge is 0.380 e. The van der Waals surface area contributed by atoms with Crippen molar-refractivity contribution < 1.29 is 9.50 Å². The molecule has 27 heavy (non-hydrogen) atoms. The number of nitrogens with zero attached hydrogens (tertiary/aromatic N) is 2. The minimum absolute atomic E-state index is 0.316. The zero-order valence-electron chi connectivity index (χ0n) is 15.2. The highest BCUT2D eigenvalue weighted by molar-refractivity contribution is 5.59. The molecular weight excluding hydrogens is 341 g/mol. The lowest BCUT2D eigenvalue weighted by Crippen LogP contribution is -2.29. The van der Waals surface area contributed by atoms with Gasteiger partial charge in [0.25, 0.3) is 0 Å². The van der Waals surface area contributed by atoms with Crippen LogP contribution in [0.2, 0.25) is 0 Å². The van der Waals surface area contributed by atoms with Crippen LogP contribution in [0.4, 0.5) is 4.39 Å². The molecule has 0 amide bonds. The summed E-state index contributed by atoms with van der Waals surface area (Å²) in [5.74, 6) is 0.0984. The van der Waals surface area contributed by atoms with E-state index in [4.69, 9.17) is 0 Å². The molecule has 140 valence electrons. The molecule has 0 aliphatic carbocycles. The van der Waals surface area contributed by atoms with Gasteiger partial charge in [-0.25, -0.2) is 9.37 Å². The molecule has 0 radical (unpaired) electrons. The van der Waals surface area contributed by atoms with E-state index in [0.29, 0.717) is 17.1 Å². The molecular formula is C22H24FN3O. The molecule has 0 saturated carbocycles. The van der Waals surface area contributed by atoms with E-state index in [1.54, 1.807) is 24.4 Å². The first kappa shape index (κ1) is 17.9. The highest BCUT2D eigenvalue weighted by Gasteiger charge is 2.16. The van der Waals surface area contributed by atoms with Crippen molar-refractivity contribution in [3.63, 3.8) is 0 Å². The third-order valence-corrected chi connectivity index (χ3v) is 5.17. The van der Waals surface area contributed by atoms with Crippen molar-refractivity contribution in [3.05, 3.63) is 77.5 Å². The van der Waals surface area contributed by atoms with Gasteiger partial charge in [0.1, 0.15) is 17.7 Å². The third-order valence-electron chi connectivity index (χ3n) is 5.17. The zero-order valence-corrected chi connectivity index (χ0v) is 15.2. The summed E-state index contributed by atoms with van der Waals surface area (Å²) in [6.45, 7) is 3.28. The maximum Gasteiger partial charge on any atom is 0.140 e. The van der Waals surface area contributed by atoms with Crippen LogP contribution in [0.5, 0.6) is 0 Å². The van der Waals surface area contributed by atoms with Gasteiger partial charge < -0.3 is 10.1 Å². The molecule has 1 aliphatic heterocycles. The second-order valence-electron chi connectivity index (χ2n) is 7.14. The van der Waals surface area contributed by atoms with Crippen molar-refractivity contribution >= 4 is 0 Å². The van der Waals surface area contributed by atoms with Crippen LogP contribution in [0.1, 0.15) is 42.3 Å². The lowest BCUT2D eigenvalue weighted by Gasteiger charge is -2.26. The Hall–Kier alpha value is -2.50. The molecule has 4 nitrogen and oxygen atoms in total. The van der Waals surface area contributed by atoms with Gasteiger partial charge >= 0.3 is 0 Å². The predicted octanol–water partition coefficient (Wildman–Crippen LogP) is 4.28. The average Bonchev–Trinajstić information content (AvgIpc) is 3.19. The van der Waals surface area contributed by atoms with Crippen molar-refractivity contribution in [2.24, 2.45) is 0 Å². The van der Waals surface area contributed by atoms with Crippen LogP contribution in [0, 0.1) is 5.82 Å². The Morgan fingerprint density at radius 3 is 2.52 bits per heavy atom. The average molecular weight is 365 g/mol. The Morgan fingerprint density at radius 1 is 1.04 bits per heavy atom. The summed E-state index contributed by atoms with van der Waals surface area (Å²) < 4.78 is 13.9. The monoisotopic (exact) mass is 365 g/mol. The van der Waals surface area contributed by atoms with E-state index in [2.05, 4.69) is 27.0 Å². The normalized spacial score (nSPS) is 16.4. The molecule has 1 unspecified atom stereocenters. The number of hydrogen-bond donors (Lipinski definition) is 2. The van der Waals surface area contributed by atoms with Crippen molar-refractivity contribution in [2.45, 2.75) is 31.9 Å². The smallest absolute Gasteiger partial charge is 0.140 e. The van der Waals surface area contributed by atoms with Crippen LogP contribution < -0.4 is 0 Å². The van der Waals surface area contributed by atoms with Crippen LogP contribution in [-0.4, -0.2) is 33.1 Å². The Morgan fingerprint density at radius 2 is 1.78 bits per heavy atom. The number of hydrogen-bond acceptors (Lipinski definition) is 3. The SMILES string of the molecule is OC(c1ccc(CN2CCCCC2)cc1)c1ncc(-c2ccccc2F)[nH]1. The van der Waals surface area contributed by atoms with Gasteiger partial charge in [0, 0.05) is 12.1 Å². The van der Waals surface area contributed by atoms with E-state index in [-0.39, 0.29) is 5.82 Å². The molecule has 5 heteroatoms. The molecule has 2 heterocycles. The number of likely N-dealkylation sites (tertiary alicyclic amines) is 1. The van der Waals surface area contributed by atoms with Crippen LogP contribution in [0.3, 0.4) is 0 Å². The van der Waals surface area contributed by atoms with Gasteiger partial charge in [0.15, 0.2) is 0 Å². The number of benzene rings is 2. The number of aliphatic hydroxyl groups excluding tert-OH is 1. The van der Waals surface area contributed by atoms with Crippen molar-refractivity contribution in [1.29, 1.82) is 0 Å². The van der Waals surface area contributed by atoms with E-state index in [1.165, 1.54) is 30.9 Å². The Labute approximate surface area is 158 Å². The molecule has 1 fully saturated rings. The number of halogens is 1. The molecule has 4 rings (SSSR count). The summed E-state index contributed by atoms with van der Waals surface area (Å²) in [4.78, 5) is 9.76. The van der Waals surface area contributed by atoms with Gasteiger partial charge in [-0.1, -0.05) is 42.8 Å². The minimum Gasteiger partial charge on any atom is -0.380 e.